The Bertz CT molecular complexity index is 466. The Morgan fingerprint density at radius 3 is 2.21 bits per heavy atom. The molecule has 1 N–H and O–H groups in total. The average Bonchev–Trinajstić information content (AvgIpc) is 2.27. The van der Waals surface area contributed by atoms with E-state index in [0.29, 0.717) is 5.56 Å². The molecule has 0 aliphatic heterocycles. The molecular weight excluding hydrogens is 359 g/mol. The van der Waals surface area contributed by atoms with Gasteiger partial charge in [0, 0.05) is 16.2 Å². The minimum Gasteiger partial charge on any atom is -0.442 e. The van der Waals surface area contributed by atoms with E-state index in [0.717, 1.165) is 8.58 Å². The molecule has 0 saturated heterocycles. The molecule has 19 heavy (non-hydrogen) atoms. The first-order chi connectivity index (χ1) is 8.69. The van der Waals surface area contributed by atoms with E-state index in [1.807, 2.05) is 12.1 Å². The number of hydrazine groups is 1. The first-order valence-electron chi connectivity index (χ1n) is 5.72. The lowest BCUT2D eigenvalue weighted by Crippen LogP contribution is -2.45. The van der Waals surface area contributed by atoms with Gasteiger partial charge in [0.15, 0.2) is 0 Å². The molecule has 0 fully saturated rings. The summed E-state index contributed by atoms with van der Waals surface area (Å²) in [7, 11) is 1.44. The van der Waals surface area contributed by atoms with Crippen molar-refractivity contribution >= 4 is 34.6 Å². The molecule has 104 valence electrons. The smallest absolute Gasteiger partial charge is 0.428 e. The van der Waals surface area contributed by atoms with Crippen molar-refractivity contribution in [2.24, 2.45) is 0 Å². The fourth-order valence-electron chi connectivity index (χ4n) is 1.19. The summed E-state index contributed by atoms with van der Waals surface area (Å²) >= 11 is 2.15. The van der Waals surface area contributed by atoms with Crippen LogP contribution >= 0.6 is 22.6 Å². The molecule has 1 aromatic carbocycles. The highest BCUT2D eigenvalue weighted by Gasteiger charge is 2.21. The van der Waals surface area contributed by atoms with Gasteiger partial charge in [-0.3, -0.25) is 10.2 Å². The third kappa shape index (κ3) is 5.46. The van der Waals surface area contributed by atoms with Crippen molar-refractivity contribution in [3.63, 3.8) is 0 Å². The highest BCUT2D eigenvalue weighted by Crippen LogP contribution is 2.09. The zero-order valence-electron chi connectivity index (χ0n) is 11.4. The summed E-state index contributed by atoms with van der Waals surface area (Å²) in [5.41, 5.74) is 2.34. The number of nitrogens with one attached hydrogen (secondary N) is 1. The number of ether oxygens (including phenoxy) is 1. The maximum absolute atomic E-state index is 11.9. The highest BCUT2D eigenvalue weighted by atomic mass is 127. The van der Waals surface area contributed by atoms with Crippen molar-refractivity contribution in [3.8, 4) is 0 Å². The van der Waals surface area contributed by atoms with E-state index >= 15 is 0 Å². The van der Waals surface area contributed by atoms with Gasteiger partial charge in [0.25, 0.3) is 5.91 Å². The Labute approximate surface area is 126 Å². The fraction of sp³-hybridized carbons (Fsp3) is 0.385. The Morgan fingerprint density at radius 2 is 1.74 bits per heavy atom. The van der Waals surface area contributed by atoms with E-state index in [4.69, 9.17) is 4.74 Å². The maximum atomic E-state index is 11.9. The number of nitrogens with zero attached hydrogens (tertiary/aromatic N) is 1. The molecule has 0 atom stereocenters. The van der Waals surface area contributed by atoms with Gasteiger partial charge in [-0.1, -0.05) is 0 Å². The average molecular weight is 376 g/mol. The number of carbonyl (C=O) groups excluding carboxylic acids is 2. The summed E-state index contributed by atoms with van der Waals surface area (Å²) in [6, 6.07) is 7.03. The topological polar surface area (TPSA) is 58.6 Å². The maximum Gasteiger partial charge on any atom is 0.428 e. The van der Waals surface area contributed by atoms with Crippen LogP contribution in [0.3, 0.4) is 0 Å². The number of hydrogen-bond donors (Lipinski definition) is 1. The molecule has 0 unspecified atom stereocenters. The van der Waals surface area contributed by atoms with E-state index in [2.05, 4.69) is 28.0 Å². The summed E-state index contributed by atoms with van der Waals surface area (Å²) in [4.78, 5) is 23.5. The minimum absolute atomic E-state index is 0.357. The van der Waals surface area contributed by atoms with Gasteiger partial charge in [0.2, 0.25) is 0 Å². The van der Waals surface area contributed by atoms with Crippen LogP contribution in [-0.4, -0.2) is 29.7 Å². The van der Waals surface area contributed by atoms with Gasteiger partial charge in [-0.05, 0) is 67.6 Å². The molecule has 0 aliphatic carbocycles. The first-order valence-corrected chi connectivity index (χ1v) is 6.80. The van der Waals surface area contributed by atoms with Gasteiger partial charge in [-0.15, -0.1) is 0 Å². The van der Waals surface area contributed by atoms with E-state index in [9.17, 15) is 9.59 Å². The van der Waals surface area contributed by atoms with Crippen LogP contribution in [0, 0.1) is 3.57 Å². The van der Waals surface area contributed by atoms with Gasteiger partial charge in [-0.2, -0.15) is 0 Å². The van der Waals surface area contributed by atoms with Crippen LogP contribution in [0.5, 0.6) is 0 Å². The Kier molecular flexibility index (Phi) is 5.16. The molecule has 0 bridgehead atoms. The first kappa shape index (κ1) is 15.7. The van der Waals surface area contributed by atoms with Crippen LogP contribution in [-0.2, 0) is 4.74 Å². The zero-order chi connectivity index (χ0) is 14.6. The molecule has 0 aromatic heterocycles. The Morgan fingerprint density at radius 1 is 1.21 bits per heavy atom. The number of carbonyl (C=O) groups is 2. The Balaban J connectivity index is 2.61. The summed E-state index contributed by atoms with van der Waals surface area (Å²) < 4.78 is 6.16. The van der Waals surface area contributed by atoms with Crippen molar-refractivity contribution in [1.29, 1.82) is 0 Å². The number of rotatable bonds is 1. The van der Waals surface area contributed by atoms with E-state index in [-0.39, 0.29) is 5.91 Å². The third-order valence-corrected chi connectivity index (χ3v) is 2.76. The minimum atomic E-state index is -0.605. The second kappa shape index (κ2) is 6.23. The van der Waals surface area contributed by atoms with Crippen molar-refractivity contribution in [2.75, 3.05) is 7.05 Å². The SMILES string of the molecule is CN(NC(=O)c1ccc(I)cc1)C(=O)OC(C)(C)C. The number of hydrogen-bond acceptors (Lipinski definition) is 3. The molecule has 0 heterocycles. The lowest BCUT2D eigenvalue weighted by molar-refractivity contribution is 0.0195. The predicted molar refractivity (Wildman–Crippen MR) is 80.6 cm³/mol. The molecule has 0 aliphatic rings. The lowest BCUT2D eigenvalue weighted by Gasteiger charge is -2.24. The van der Waals surface area contributed by atoms with Crippen LogP contribution in [0.2, 0.25) is 0 Å². The molecule has 5 nitrogen and oxygen atoms in total. The monoisotopic (exact) mass is 376 g/mol. The summed E-state index contributed by atoms with van der Waals surface area (Å²) in [6.45, 7) is 5.29. The molecule has 6 heteroatoms. The highest BCUT2D eigenvalue weighted by molar-refractivity contribution is 14.1. The van der Waals surface area contributed by atoms with Gasteiger partial charge < -0.3 is 4.74 Å². The van der Waals surface area contributed by atoms with Gasteiger partial charge in [0.1, 0.15) is 5.60 Å². The molecular formula is C13H17IN2O3. The van der Waals surface area contributed by atoms with Crippen LogP contribution in [0.25, 0.3) is 0 Å². The molecule has 1 aromatic rings. The summed E-state index contributed by atoms with van der Waals surface area (Å²) in [6.07, 6.45) is -0.605. The molecule has 0 radical (unpaired) electrons. The van der Waals surface area contributed by atoms with Crippen molar-refractivity contribution in [2.45, 2.75) is 26.4 Å². The van der Waals surface area contributed by atoms with Gasteiger partial charge >= 0.3 is 6.09 Å². The van der Waals surface area contributed by atoms with Crippen molar-refractivity contribution in [1.82, 2.24) is 10.4 Å². The molecule has 2 amide bonds. The van der Waals surface area contributed by atoms with Crippen LogP contribution in [0.4, 0.5) is 4.79 Å². The van der Waals surface area contributed by atoms with Crippen LogP contribution in [0.15, 0.2) is 24.3 Å². The lowest BCUT2D eigenvalue weighted by atomic mass is 10.2. The Hall–Kier alpha value is -1.31. The normalized spacial score (nSPS) is 10.8. The standard InChI is InChI=1S/C13H17IN2O3/c1-13(2,3)19-12(18)16(4)15-11(17)9-5-7-10(14)8-6-9/h5-8H,1-4H3,(H,15,17). The van der Waals surface area contributed by atoms with E-state index in [1.54, 1.807) is 32.9 Å². The number of amides is 2. The van der Waals surface area contributed by atoms with Gasteiger partial charge in [0.05, 0.1) is 0 Å². The van der Waals surface area contributed by atoms with Gasteiger partial charge in [-0.25, -0.2) is 9.80 Å². The molecule has 0 spiro atoms. The summed E-state index contributed by atoms with van der Waals surface area (Å²) in [5, 5.41) is 1.03. The number of halogens is 1. The zero-order valence-corrected chi connectivity index (χ0v) is 13.5. The van der Waals surface area contributed by atoms with E-state index < -0.39 is 11.7 Å². The quantitative estimate of drug-likeness (QED) is 0.606. The second-order valence-electron chi connectivity index (χ2n) is 4.99. The largest absolute Gasteiger partial charge is 0.442 e. The summed E-state index contributed by atoms with van der Waals surface area (Å²) in [5.74, 6) is -0.357. The van der Waals surface area contributed by atoms with Crippen molar-refractivity contribution in [3.05, 3.63) is 33.4 Å². The van der Waals surface area contributed by atoms with Crippen molar-refractivity contribution < 1.29 is 14.3 Å². The number of benzene rings is 1. The van der Waals surface area contributed by atoms with Crippen LogP contribution < -0.4 is 5.43 Å². The van der Waals surface area contributed by atoms with Crippen LogP contribution in [0.1, 0.15) is 31.1 Å². The second-order valence-corrected chi connectivity index (χ2v) is 6.23. The fourth-order valence-corrected chi connectivity index (χ4v) is 1.55. The third-order valence-electron chi connectivity index (χ3n) is 2.04. The predicted octanol–water partition coefficient (Wildman–Crippen LogP) is 2.80. The molecule has 1 rings (SSSR count). The molecule has 0 saturated carbocycles. The van der Waals surface area contributed by atoms with E-state index in [1.165, 1.54) is 7.05 Å².